The summed E-state index contributed by atoms with van der Waals surface area (Å²) in [7, 11) is 0. The van der Waals surface area contributed by atoms with Gasteiger partial charge in [-0.2, -0.15) is 0 Å². The molecule has 0 saturated carbocycles. The number of aliphatic hydroxyl groups is 1. The number of hydrogen-bond donors (Lipinski definition) is 1. The number of aromatic nitrogens is 1. The van der Waals surface area contributed by atoms with Crippen molar-refractivity contribution in [3.05, 3.63) is 22.8 Å². The predicted molar refractivity (Wildman–Crippen MR) is 76.6 cm³/mol. The molecular formula is C14H21ClN2O2. The first-order chi connectivity index (χ1) is 8.72. The van der Waals surface area contributed by atoms with Crippen LogP contribution < -0.4 is 4.90 Å². The second kappa shape index (κ2) is 4.93. The molecule has 0 bridgehead atoms. The highest BCUT2D eigenvalue weighted by Crippen LogP contribution is 2.33. The number of morpholine rings is 1. The molecule has 0 radical (unpaired) electrons. The van der Waals surface area contributed by atoms with Gasteiger partial charge in [0.1, 0.15) is 5.82 Å². The van der Waals surface area contributed by atoms with Gasteiger partial charge in [-0.1, -0.05) is 11.6 Å². The summed E-state index contributed by atoms with van der Waals surface area (Å²) in [5.41, 5.74) is 0.227. The molecule has 0 aliphatic carbocycles. The van der Waals surface area contributed by atoms with Crippen LogP contribution in [0.5, 0.6) is 0 Å². The summed E-state index contributed by atoms with van der Waals surface area (Å²) in [5, 5.41) is 9.67. The van der Waals surface area contributed by atoms with E-state index in [9.17, 15) is 0 Å². The molecule has 1 aliphatic heterocycles. The number of halogens is 1. The van der Waals surface area contributed by atoms with Crippen LogP contribution in [-0.2, 0) is 11.3 Å². The van der Waals surface area contributed by atoms with Crippen molar-refractivity contribution in [2.75, 3.05) is 18.0 Å². The van der Waals surface area contributed by atoms with Crippen molar-refractivity contribution in [2.45, 2.75) is 45.5 Å². The molecule has 1 fully saturated rings. The van der Waals surface area contributed by atoms with E-state index in [1.807, 2.05) is 0 Å². The Morgan fingerprint density at radius 1 is 1.32 bits per heavy atom. The number of rotatable bonds is 2. The number of ether oxygens (including phenoxy) is 1. The lowest BCUT2D eigenvalue weighted by atomic mass is 9.99. The van der Waals surface area contributed by atoms with Crippen molar-refractivity contribution >= 4 is 17.4 Å². The fourth-order valence-corrected chi connectivity index (χ4v) is 3.04. The number of hydrogen-bond acceptors (Lipinski definition) is 4. The Hall–Kier alpha value is -0.840. The maximum absolute atomic E-state index is 9.10. The van der Waals surface area contributed by atoms with E-state index in [4.69, 9.17) is 21.4 Å². The van der Waals surface area contributed by atoms with Crippen LogP contribution in [0.25, 0.3) is 0 Å². The third kappa shape index (κ3) is 3.38. The Morgan fingerprint density at radius 3 is 2.37 bits per heavy atom. The normalized spacial score (nSPS) is 21.5. The van der Waals surface area contributed by atoms with Gasteiger partial charge in [0, 0.05) is 19.3 Å². The Labute approximate surface area is 119 Å². The lowest BCUT2D eigenvalue weighted by Crippen LogP contribution is -2.57. The van der Waals surface area contributed by atoms with Crippen molar-refractivity contribution in [1.82, 2.24) is 4.98 Å². The molecule has 5 heteroatoms. The Balaban J connectivity index is 2.31. The van der Waals surface area contributed by atoms with Gasteiger partial charge in [-0.05, 0) is 39.3 Å². The van der Waals surface area contributed by atoms with Crippen LogP contribution in [0.4, 0.5) is 5.82 Å². The molecule has 1 aromatic heterocycles. The molecule has 4 nitrogen and oxygen atoms in total. The summed E-state index contributed by atoms with van der Waals surface area (Å²) < 4.78 is 6.05. The van der Waals surface area contributed by atoms with Gasteiger partial charge in [0.05, 0.1) is 22.8 Å². The zero-order valence-electron chi connectivity index (χ0n) is 11.9. The average molecular weight is 285 g/mol. The first kappa shape index (κ1) is 14.6. The topological polar surface area (TPSA) is 45.6 Å². The molecule has 0 unspecified atom stereocenters. The third-order valence-electron chi connectivity index (χ3n) is 3.06. The molecular weight excluding hydrogens is 264 g/mol. The highest BCUT2D eigenvalue weighted by molar-refractivity contribution is 6.33. The van der Waals surface area contributed by atoms with Crippen LogP contribution in [0.2, 0.25) is 5.02 Å². The van der Waals surface area contributed by atoms with Crippen molar-refractivity contribution < 1.29 is 9.84 Å². The summed E-state index contributed by atoms with van der Waals surface area (Å²) in [5.74, 6) is 0.753. The Morgan fingerprint density at radius 2 is 1.89 bits per heavy atom. The molecule has 1 N–H and O–H groups in total. The smallest absolute Gasteiger partial charge is 0.147 e. The van der Waals surface area contributed by atoms with E-state index in [-0.39, 0.29) is 17.8 Å². The van der Waals surface area contributed by atoms with E-state index in [2.05, 4.69) is 37.6 Å². The minimum Gasteiger partial charge on any atom is -0.392 e. The van der Waals surface area contributed by atoms with Crippen molar-refractivity contribution in [2.24, 2.45) is 0 Å². The van der Waals surface area contributed by atoms with Gasteiger partial charge >= 0.3 is 0 Å². The van der Waals surface area contributed by atoms with Gasteiger partial charge in [-0.3, -0.25) is 0 Å². The lowest BCUT2D eigenvalue weighted by molar-refractivity contribution is -0.133. The summed E-state index contributed by atoms with van der Waals surface area (Å²) in [6.07, 6.45) is 1.66. The molecule has 2 rings (SSSR count). The van der Waals surface area contributed by atoms with E-state index in [1.165, 1.54) is 0 Å². The van der Waals surface area contributed by atoms with Crippen LogP contribution in [0, 0.1) is 0 Å². The number of anilines is 1. The molecule has 0 atom stereocenters. The highest BCUT2D eigenvalue weighted by Gasteiger charge is 2.39. The van der Waals surface area contributed by atoms with E-state index >= 15 is 0 Å². The highest BCUT2D eigenvalue weighted by atomic mass is 35.5. The predicted octanol–water partition coefficient (Wildman–Crippen LogP) is 2.62. The summed E-state index contributed by atoms with van der Waals surface area (Å²) in [6, 6.07) is 1.76. The summed E-state index contributed by atoms with van der Waals surface area (Å²) in [4.78, 5) is 6.53. The monoisotopic (exact) mass is 284 g/mol. The van der Waals surface area contributed by atoms with Gasteiger partial charge in [0.15, 0.2) is 0 Å². The number of pyridine rings is 1. The van der Waals surface area contributed by atoms with Gasteiger partial charge < -0.3 is 14.7 Å². The summed E-state index contributed by atoms with van der Waals surface area (Å²) >= 11 is 6.27. The van der Waals surface area contributed by atoms with E-state index in [1.54, 1.807) is 12.3 Å². The lowest BCUT2D eigenvalue weighted by Gasteiger charge is -2.47. The standard InChI is InChI=1S/C14H21ClN2O2/c1-13(2)8-17(9-14(3,4)19-13)12-11(15)5-10(7-18)6-16-12/h5-6,18H,7-9H2,1-4H3. The SMILES string of the molecule is CC1(C)CN(c2ncc(CO)cc2Cl)CC(C)(C)O1. The van der Waals surface area contributed by atoms with E-state index in [0.29, 0.717) is 5.02 Å². The average Bonchev–Trinajstić information content (AvgIpc) is 2.24. The first-order valence-corrected chi connectivity index (χ1v) is 6.81. The van der Waals surface area contributed by atoms with Crippen LogP contribution in [-0.4, -0.2) is 34.4 Å². The maximum atomic E-state index is 9.10. The molecule has 1 aromatic rings. The van der Waals surface area contributed by atoms with Crippen molar-refractivity contribution in [3.8, 4) is 0 Å². The maximum Gasteiger partial charge on any atom is 0.147 e. The van der Waals surface area contributed by atoms with Crippen LogP contribution in [0.3, 0.4) is 0 Å². The zero-order chi connectivity index (χ0) is 14.3. The molecule has 19 heavy (non-hydrogen) atoms. The second-order valence-corrected chi connectivity index (χ2v) is 6.69. The fourth-order valence-electron chi connectivity index (χ4n) is 2.73. The zero-order valence-corrected chi connectivity index (χ0v) is 12.7. The molecule has 0 amide bonds. The van der Waals surface area contributed by atoms with Gasteiger partial charge in [0.25, 0.3) is 0 Å². The quantitative estimate of drug-likeness (QED) is 0.907. The van der Waals surface area contributed by atoms with Crippen LogP contribution in [0.1, 0.15) is 33.3 Å². The molecule has 0 aromatic carbocycles. The van der Waals surface area contributed by atoms with Gasteiger partial charge in [-0.15, -0.1) is 0 Å². The van der Waals surface area contributed by atoms with Crippen molar-refractivity contribution in [3.63, 3.8) is 0 Å². The van der Waals surface area contributed by atoms with E-state index < -0.39 is 0 Å². The van der Waals surface area contributed by atoms with Crippen molar-refractivity contribution in [1.29, 1.82) is 0 Å². The van der Waals surface area contributed by atoms with E-state index in [0.717, 1.165) is 24.5 Å². The minimum absolute atomic E-state index is 0.0485. The minimum atomic E-state index is -0.248. The van der Waals surface area contributed by atoms with Crippen LogP contribution in [0.15, 0.2) is 12.3 Å². The Kier molecular flexibility index (Phi) is 3.78. The third-order valence-corrected chi connectivity index (χ3v) is 3.33. The molecule has 106 valence electrons. The van der Waals surface area contributed by atoms with Crippen LogP contribution >= 0.6 is 11.6 Å². The number of aliphatic hydroxyl groups excluding tert-OH is 1. The fraction of sp³-hybridized carbons (Fsp3) is 0.643. The Bertz CT molecular complexity index is 459. The molecule has 1 saturated heterocycles. The largest absolute Gasteiger partial charge is 0.392 e. The second-order valence-electron chi connectivity index (χ2n) is 6.28. The number of nitrogens with zero attached hydrogens (tertiary/aromatic N) is 2. The molecule has 0 spiro atoms. The first-order valence-electron chi connectivity index (χ1n) is 6.43. The van der Waals surface area contributed by atoms with Gasteiger partial charge in [-0.25, -0.2) is 4.98 Å². The molecule has 2 heterocycles. The summed E-state index contributed by atoms with van der Waals surface area (Å²) in [6.45, 7) is 9.69. The van der Waals surface area contributed by atoms with Gasteiger partial charge in [0.2, 0.25) is 0 Å². The molecule has 1 aliphatic rings.